The Morgan fingerprint density at radius 1 is 1.21 bits per heavy atom. The predicted octanol–water partition coefficient (Wildman–Crippen LogP) is 3.70. The van der Waals surface area contributed by atoms with Gasteiger partial charge in [0.15, 0.2) is 0 Å². The lowest BCUT2D eigenvalue weighted by Gasteiger charge is -2.18. The highest BCUT2D eigenvalue weighted by atomic mass is 14.6. The number of aryl methyl sites for hydroxylation is 1. The Morgan fingerprint density at radius 3 is 2.36 bits per heavy atom. The molecule has 1 heteroatoms. The minimum Gasteiger partial charge on any atom is -0.265 e. The normalized spacial score (nSPS) is 13.1. The van der Waals surface area contributed by atoms with Crippen LogP contribution in [-0.4, -0.2) is 4.98 Å². The van der Waals surface area contributed by atoms with Crippen LogP contribution in [0, 0.1) is 11.8 Å². The first kappa shape index (κ1) is 11.2. The van der Waals surface area contributed by atoms with E-state index < -0.39 is 0 Å². The van der Waals surface area contributed by atoms with Crippen molar-refractivity contribution in [3.05, 3.63) is 30.1 Å². The summed E-state index contributed by atoms with van der Waals surface area (Å²) in [6.45, 7) is 6.93. The van der Waals surface area contributed by atoms with Gasteiger partial charge in [-0.05, 0) is 42.4 Å². The van der Waals surface area contributed by atoms with Crippen LogP contribution in [0.15, 0.2) is 24.5 Å². The molecule has 0 saturated heterocycles. The highest BCUT2D eigenvalue weighted by Crippen LogP contribution is 2.20. The third-order valence-corrected chi connectivity index (χ3v) is 3.02. The molecule has 1 unspecified atom stereocenters. The van der Waals surface area contributed by atoms with Crippen molar-refractivity contribution in [2.45, 2.75) is 40.0 Å². The van der Waals surface area contributed by atoms with Crippen LogP contribution in [0.4, 0.5) is 0 Å². The maximum atomic E-state index is 4.03. The first-order valence-corrected chi connectivity index (χ1v) is 5.63. The smallest absolute Gasteiger partial charge is 0.0270 e. The zero-order chi connectivity index (χ0) is 10.4. The third-order valence-electron chi connectivity index (χ3n) is 3.02. The molecule has 0 aliphatic heterocycles. The molecule has 1 atom stereocenters. The summed E-state index contributed by atoms with van der Waals surface area (Å²) >= 11 is 0. The first-order chi connectivity index (χ1) is 6.74. The highest BCUT2D eigenvalue weighted by Gasteiger charge is 2.10. The summed E-state index contributed by atoms with van der Waals surface area (Å²) in [5.74, 6) is 1.67. The van der Waals surface area contributed by atoms with E-state index in [2.05, 4.69) is 37.9 Å². The number of hydrogen-bond donors (Lipinski definition) is 0. The fourth-order valence-corrected chi connectivity index (χ4v) is 1.91. The standard InChI is InChI=1S/C13H21N/c1-4-13(11(2)3)6-5-12-7-9-14-10-8-12/h7-11,13H,4-6H2,1-3H3. The van der Waals surface area contributed by atoms with E-state index in [1.165, 1.54) is 24.8 Å². The lowest BCUT2D eigenvalue weighted by Crippen LogP contribution is -2.08. The van der Waals surface area contributed by atoms with Gasteiger partial charge in [0.25, 0.3) is 0 Å². The molecule has 1 heterocycles. The van der Waals surface area contributed by atoms with Gasteiger partial charge in [-0.3, -0.25) is 4.98 Å². The molecule has 0 fully saturated rings. The Bertz CT molecular complexity index is 241. The molecule has 0 N–H and O–H groups in total. The van der Waals surface area contributed by atoms with Crippen LogP contribution in [-0.2, 0) is 6.42 Å². The van der Waals surface area contributed by atoms with E-state index in [0.29, 0.717) is 0 Å². The van der Waals surface area contributed by atoms with E-state index in [1.54, 1.807) is 0 Å². The zero-order valence-corrected chi connectivity index (χ0v) is 9.53. The van der Waals surface area contributed by atoms with Gasteiger partial charge in [-0.1, -0.05) is 27.2 Å². The van der Waals surface area contributed by atoms with Crippen molar-refractivity contribution in [1.82, 2.24) is 4.98 Å². The molecule has 0 amide bonds. The van der Waals surface area contributed by atoms with Crippen LogP contribution in [0.2, 0.25) is 0 Å². The lowest BCUT2D eigenvalue weighted by molar-refractivity contribution is 0.349. The molecule has 0 aromatic carbocycles. The molecule has 0 radical (unpaired) electrons. The molecular formula is C13H21N. The summed E-state index contributed by atoms with van der Waals surface area (Å²) in [6, 6.07) is 4.24. The van der Waals surface area contributed by atoms with Crippen LogP contribution in [0.5, 0.6) is 0 Å². The summed E-state index contributed by atoms with van der Waals surface area (Å²) < 4.78 is 0. The molecule has 0 bridgehead atoms. The topological polar surface area (TPSA) is 12.9 Å². The van der Waals surface area contributed by atoms with Crippen LogP contribution in [0.1, 0.15) is 39.2 Å². The monoisotopic (exact) mass is 191 g/mol. The van der Waals surface area contributed by atoms with Gasteiger partial charge < -0.3 is 0 Å². The summed E-state index contributed by atoms with van der Waals surface area (Å²) in [7, 11) is 0. The molecular weight excluding hydrogens is 170 g/mol. The minimum atomic E-state index is 0.807. The number of hydrogen-bond acceptors (Lipinski definition) is 1. The third kappa shape index (κ3) is 3.49. The average molecular weight is 191 g/mol. The predicted molar refractivity (Wildman–Crippen MR) is 61.2 cm³/mol. The van der Waals surface area contributed by atoms with Gasteiger partial charge in [-0.15, -0.1) is 0 Å². The summed E-state index contributed by atoms with van der Waals surface area (Å²) in [4.78, 5) is 4.03. The number of pyridine rings is 1. The number of rotatable bonds is 5. The molecule has 0 aliphatic rings. The Balaban J connectivity index is 2.40. The molecule has 1 aromatic heterocycles. The lowest BCUT2D eigenvalue weighted by atomic mass is 9.88. The largest absolute Gasteiger partial charge is 0.265 e. The summed E-state index contributed by atoms with van der Waals surface area (Å²) in [5.41, 5.74) is 1.42. The number of aromatic nitrogens is 1. The maximum Gasteiger partial charge on any atom is 0.0270 e. The van der Waals surface area contributed by atoms with E-state index in [9.17, 15) is 0 Å². The van der Waals surface area contributed by atoms with Crippen molar-refractivity contribution in [3.63, 3.8) is 0 Å². The molecule has 1 aromatic rings. The molecule has 0 spiro atoms. The second-order valence-electron chi connectivity index (χ2n) is 4.31. The van der Waals surface area contributed by atoms with E-state index in [0.717, 1.165) is 11.8 Å². The van der Waals surface area contributed by atoms with Crippen LogP contribution < -0.4 is 0 Å². The average Bonchev–Trinajstić information content (AvgIpc) is 2.20. The second kappa shape index (κ2) is 5.79. The molecule has 78 valence electrons. The summed E-state index contributed by atoms with van der Waals surface area (Å²) in [5, 5.41) is 0. The Kier molecular flexibility index (Phi) is 4.64. The van der Waals surface area contributed by atoms with E-state index in [-0.39, 0.29) is 0 Å². The van der Waals surface area contributed by atoms with Crippen molar-refractivity contribution >= 4 is 0 Å². The van der Waals surface area contributed by atoms with E-state index in [1.807, 2.05) is 12.4 Å². The van der Waals surface area contributed by atoms with Crippen molar-refractivity contribution in [1.29, 1.82) is 0 Å². The van der Waals surface area contributed by atoms with Crippen LogP contribution in [0.3, 0.4) is 0 Å². The van der Waals surface area contributed by atoms with Gasteiger partial charge in [0.2, 0.25) is 0 Å². The molecule has 0 aliphatic carbocycles. The quantitative estimate of drug-likeness (QED) is 0.691. The van der Waals surface area contributed by atoms with Gasteiger partial charge in [-0.2, -0.15) is 0 Å². The van der Waals surface area contributed by atoms with Crippen molar-refractivity contribution in [2.75, 3.05) is 0 Å². The van der Waals surface area contributed by atoms with Crippen molar-refractivity contribution in [3.8, 4) is 0 Å². The minimum absolute atomic E-state index is 0.807. The Labute approximate surface area is 87.6 Å². The van der Waals surface area contributed by atoms with E-state index in [4.69, 9.17) is 0 Å². The molecule has 1 nitrogen and oxygen atoms in total. The van der Waals surface area contributed by atoms with Gasteiger partial charge in [0, 0.05) is 12.4 Å². The summed E-state index contributed by atoms with van der Waals surface area (Å²) in [6.07, 6.45) is 7.55. The SMILES string of the molecule is CCC(CCc1ccncc1)C(C)C. The highest BCUT2D eigenvalue weighted by molar-refractivity contribution is 5.09. The fraction of sp³-hybridized carbons (Fsp3) is 0.615. The van der Waals surface area contributed by atoms with Gasteiger partial charge in [0.1, 0.15) is 0 Å². The number of nitrogens with zero attached hydrogens (tertiary/aromatic N) is 1. The van der Waals surface area contributed by atoms with Gasteiger partial charge >= 0.3 is 0 Å². The second-order valence-corrected chi connectivity index (χ2v) is 4.31. The molecule has 14 heavy (non-hydrogen) atoms. The van der Waals surface area contributed by atoms with Crippen molar-refractivity contribution in [2.24, 2.45) is 11.8 Å². The maximum absolute atomic E-state index is 4.03. The zero-order valence-electron chi connectivity index (χ0n) is 9.53. The van der Waals surface area contributed by atoms with Crippen LogP contribution >= 0.6 is 0 Å². The van der Waals surface area contributed by atoms with E-state index >= 15 is 0 Å². The van der Waals surface area contributed by atoms with Gasteiger partial charge in [-0.25, -0.2) is 0 Å². The first-order valence-electron chi connectivity index (χ1n) is 5.63. The Hall–Kier alpha value is -0.850. The molecule has 0 saturated carbocycles. The van der Waals surface area contributed by atoms with Crippen molar-refractivity contribution < 1.29 is 0 Å². The molecule has 1 rings (SSSR count). The fourth-order valence-electron chi connectivity index (χ4n) is 1.91. The Morgan fingerprint density at radius 2 is 1.86 bits per heavy atom. The van der Waals surface area contributed by atoms with Gasteiger partial charge in [0.05, 0.1) is 0 Å². The van der Waals surface area contributed by atoms with Crippen LogP contribution in [0.25, 0.3) is 0 Å².